The molecular formula is C18H22N2O. The normalized spacial score (nSPS) is 10.2. The quantitative estimate of drug-likeness (QED) is 0.872. The van der Waals surface area contributed by atoms with Gasteiger partial charge in [0, 0.05) is 11.4 Å². The second-order valence-electron chi connectivity index (χ2n) is 5.23. The molecule has 0 aliphatic carbocycles. The number of para-hydroxylation sites is 1. The van der Waals surface area contributed by atoms with E-state index in [1.54, 1.807) is 0 Å². The summed E-state index contributed by atoms with van der Waals surface area (Å²) in [6, 6.07) is 14.1. The molecule has 0 heterocycles. The lowest BCUT2D eigenvalue weighted by molar-refractivity contribution is -0.114. The van der Waals surface area contributed by atoms with Crippen molar-refractivity contribution in [2.75, 3.05) is 17.2 Å². The third-order valence-corrected chi connectivity index (χ3v) is 3.49. The number of aryl methyl sites for hydroxylation is 3. The van der Waals surface area contributed by atoms with Crippen molar-refractivity contribution in [2.24, 2.45) is 0 Å². The van der Waals surface area contributed by atoms with E-state index in [2.05, 4.69) is 29.7 Å². The fraction of sp³-hybridized carbons (Fsp3) is 0.278. The molecule has 1 amide bonds. The first kappa shape index (κ1) is 15.1. The molecular weight excluding hydrogens is 260 g/mol. The van der Waals surface area contributed by atoms with Gasteiger partial charge in [0.15, 0.2) is 0 Å². The summed E-state index contributed by atoms with van der Waals surface area (Å²) in [5, 5.41) is 6.15. The zero-order chi connectivity index (χ0) is 15.2. The molecule has 0 fully saturated rings. The minimum atomic E-state index is -0.0344. The van der Waals surface area contributed by atoms with E-state index in [4.69, 9.17) is 0 Å². The Hall–Kier alpha value is -2.29. The molecule has 0 saturated heterocycles. The first-order valence-electron chi connectivity index (χ1n) is 7.29. The summed E-state index contributed by atoms with van der Waals surface area (Å²) in [5.74, 6) is -0.0344. The molecule has 110 valence electrons. The maximum atomic E-state index is 12.0. The second-order valence-corrected chi connectivity index (χ2v) is 5.23. The first-order chi connectivity index (χ1) is 10.1. The van der Waals surface area contributed by atoms with Crippen molar-refractivity contribution in [2.45, 2.75) is 27.2 Å². The minimum Gasteiger partial charge on any atom is -0.376 e. The molecule has 21 heavy (non-hydrogen) atoms. The molecule has 3 heteroatoms. The lowest BCUT2D eigenvalue weighted by Gasteiger charge is -2.12. The molecule has 0 bridgehead atoms. The Morgan fingerprint density at radius 2 is 1.81 bits per heavy atom. The lowest BCUT2D eigenvalue weighted by Crippen LogP contribution is -2.22. The van der Waals surface area contributed by atoms with Gasteiger partial charge in [-0.25, -0.2) is 0 Å². The van der Waals surface area contributed by atoms with Crippen molar-refractivity contribution >= 4 is 17.3 Å². The summed E-state index contributed by atoms with van der Waals surface area (Å²) in [7, 11) is 0. The summed E-state index contributed by atoms with van der Waals surface area (Å²) < 4.78 is 0. The van der Waals surface area contributed by atoms with E-state index in [0.717, 1.165) is 23.4 Å². The third-order valence-electron chi connectivity index (χ3n) is 3.49. The zero-order valence-electron chi connectivity index (χ0n) is 12.9. The van der Waals surface area contributed by atoms with Crippen LogP contribution in [0.2, 0.25) is 0 Å². The number of carbonyl (C=O) groups is 1. The number of benzene rings is 2. The van der Waals surface area contributed by atoms with E-state index >= 15 is 0 Å². The molecule has 2 N–H and O–H groups in total. The summed E-state index contributed by atoms with van der Waals surface area (Å²) >= 11 is 0. The number of carbonyl (C=O) groups excluding carboxylic acids is 1. The van der Waals surface area contributed by atoms with Crippen LogP contribution in [0, 0.1) is 13.8 Å². The summed E-state index contributed by atoms with van der Waals surface area (Å²) in [4.78, 5) is 12.0. The van der Waals surface area contributed by atoms with Crippen molar-refractivity contribution in [1.29, 1.82) is 0 Å². The molecule has 2 rings (SSSR count). The molecule has 3 nitrogen and oxygen atoms in total. The largest absolute Gasteiger partial charge is 0.376 e. The van der Waals surface area contributed by atoms with E-state index < -0.39 is 0 Å². The highest BCUT2D eigenvalue weighted by Gasteiger charge is 2.06. The topological polar surface area (TPSA) is 41.1 Å². The van der Waals surface area contributed by atoms with Gasteiger partial charge in [0.1, 0.15) is 0 Å². The van der Waals surface area contributed by atoms with Crippen molar-refractivity contribution in [3.63, 3.8) is 0 Å². The van der Waals surface area contributed by atoms with Crippen LogP contribution < -0.4 is 10.6 Å². The van der Waals surface area contributed by atoms with Crippen LogP contribution in [0.25, 0.3) is 0 Å². The predicted octanol–water partition coefficient (Wildman–Crippen LogP) is 3.92. The highest BCUT2D eigenvalue weighted by molar-refractivity contribution is 5.94. The fourth-order valence-corrected chi connectivity index (χ4v) is 2.32. The molecule has 0 aliphatic heterocycles. The van der Waals surface area contributed by atoms with Crippen LogP contribution >= 0.6 is 0 Å². The van der Waals surface area contributed by atoms with Crippen molar-refractivity contribution in [3.05, 3.63) is 59.2 Å². The van der Waals surface area contributed by atoms with Gasteiger partial charge in [-0.2, -0.15) is 0 Å². The number of anilines is 2. The van der Waals surface area contributed by atoms with Gasteiger partial charge in [-0.15, -0.1) is 0 Å². The van der Waals surface area contributed by atoms with Crippen LogP contribution in [0.15, 0.2) is 42.5 Å². The molecule has 0 unspecified atom stereocenters. The zero-order valence-corrected chi connectivity index (χ0v) is 12.9. The molecule has 0 spiro atoms. The number of nitrogens with one attached hydrogen (secondary N) is 2. The number of hydrogen-bond acceptors (Lipinski definition) is 2. The van der Waals surface area contributed by atoms with Crippen molar-refractivity contribution in [3.8, 4) is 0 Å². The summed E-state index contributed by atoms with van der Waals surface area (Å²) in [6.07, 6.45) is 0.946. The summed E-state index contributed by atoms with van der Waals surface area (Å²) in [6.45, 7) is 6.42. The van der Waals surface area contributed by atoms with E-state index in [-0.39, 0.29) is 12.5 Å². The van der Waals surface area contributed by atoms with Gasteiger partial charge in [-0.1, -0.05) is 42.8 Å². The van der Waals surface area contributed by atoms with Gasteiger partial charge in [-0.05, 0) is 43.5 Å². The number of amides is 1. The maximum Gasteiger partial charge on any atom is 0.243 e. The Morgan fingerprint density at radius 3 is 2.52 bits per heavy atom. The van der Waals surface area contributed by atoms with Crippen LogP contribution in [-0.2, 0) is 11.2 Å². The minimum absolute atomic E-state index is 0.0344. The lowest BCUT2D eigenvalue weighted by atomic mass is 10.1. The van der Waals surface area contributed by atoms with Crippen LogP contribution in [0.4, 0.5) is 11.4 Å². The van der Waals surface area contributed by atoms with Crippen LogP contribution in [0.1, 0.15) is 23.6 Å². The Bertz CT molecular complexity index is 635. The Kier molecular flexibility index (Phi) is 4.99. The average molecular weight is 282 g/mol. The molecule has 0 radical (unpaired) electrons. The number of hydrogen-bond donors (Lipinski definition) is 2. The van der Waals surface area contributed by atoms with Crippen molar-refractivity contribution in [1.82, 2.24) is 0 Å². The maximum absolute atomic E-state index is 12.0. The smallest absolute Gasteiger partial charge is 0.243 e. The Morgan fingerprint density at radius 1 is 1.05 bits per heavy atom. The van der Waals surface area contributed by atoms with E-state index in [1.807, 2.05) is 44.2 Å². The molecule has 2 aromatic rings. The molecule has 0 aliphatic rings. The van der Waals surface area contributed by atoms with E-state index in [9.17, 15) is 4.79 Å². The van der Waals surface area contributed by atoms with E-state index in [0.29, 0.717) is 0 Å². The number of rotatable bonds is 5. The Balaban J connectivity index is 1.96. The van der Waals surface area contributed by atoms with Gasteiger partial charge in [-0.3, -0.25) is 4.79 Å². The average Bonchev–Trinajstić information content (AvgIpc) is 2.48. The second kappa shape index (κ2) is 6.93. The van der Waals surface area contributed by atoms with Gasteiger partial charge < -0.3 is 10.6 Å². The van der Waals surface area contributed by atoms with Crippen LogP contribution in [-0.4, -0.2) is 12.5 Å². The summed E-state index contributed by atoms with van der Waals surface area (Å²) in [5.41, 5.74) is 5.39. The van der Waals surface area contributed by atoms with Crippen LogP contribution in [0.5, 0.6) is 0 Å². The fourth-order valence-electron chi connectivity index (χ4n) is 2.32. The highest BCUT2D eigenvalue weighted by atomic mass is 16.1. The van der Waals surface area contributed by atoms with E-state index in [1.165, 1.54) is 11.1 Å². The first-order valence-corrected chi connectivity index (χ1v) is 7.29. The molecule has 2 aromatic carbocycles. The highest BCUT2D eigenvalue weighted by Crippen LogP contribution is 2.17. The standard InChI is InChI=1S/C18H22N2O/c1-4-15-7-5-6-8-17(15)19-12-18(21)20-16-10-9-13(2)11-14(16)3/h5-11,19H,4,12H2,1-3H3,(H,20,21). The molecule has 0 saturated carbocycles. The van der Waals surface area contributed by atoms with Crippen LogP contribution in [0.3, 0.4) is 0 Å². The predicted molar refractivity (Wildman–Crippen MR) is 88.9 cm³/mol. The van der Waals surface area contributed by atoms with Gasteiger partial charge in [0.25, 0.3) is 0 Å². The van der Waals surface area contributed by atoms with Gasteiger partial charge in [0.2, 0.25) is 5.91 Å². The Labute approximate surface area is 126 Å². The SMILES string of the molecule is CCc1ccccc1NCC(=O)Nc1ccc(C)cc1C. The van der Waals surface area contributed by atoms with Gasteiger partial charge >= 0.3 is 0 Å². The third kappa shape index (κ3) is 4.09. The van der Waals surface area contributed by atoms with Gasteiger partial charge in [0.05, 0.1) is 6.54 Å². The molecule has 0 atom stereocenters. The monoisotopic (exact) mass is 282 g/mol. The molecule has 0 aromatic heterocycles. The van der Waals surface area contributed by atoms with Crippen molar-refractivity contribution < 1.29 is 4.79 Å².